The molecule has 9 heteroatoms. The second-order valence-corrected chi connectivity index (χ2v) is 6.87. The maximum atomic E-state index is 9.37. The van der Waals surface area contributed by atoms with E-state index in [4.69, 9.17) is 23.4 Å². The molecule has 1 aliphatic heterocycles. The van der Waals surface area contributed by atoms with Crippen molar-refractivity contribution in [3.63, 3.8) is 0 Å². The van der Waals surface area contributed by atoms with Gasteiger partial charge in [-0.15, -0.1) is 0 Å². The molecule has 0 amide bonds. The number of nitriles is 1. The summed E-state index contributed by atoms with van der Waals surface area (Å²) in [6.45, 7) is 5.16. The molecule has 1 N–H and O–H groups in total. The molecule has 2 aromatic rings. The first-order valence-electron chi connectivity index (χ1n) is 10.1. The van der Waals surface area contributed by atoms with Gasteiger partial charge in [0, 0.05) is 25.7 Å². The number of aromatic nitrogens is 1. The van der Waals surface area contributed by atoms with Gasteiger partial charge >= 0.3 is 0 Å². The molecule has 166 valence electrons. The number of anilines is 1. The number of rotatable bonds is 10. The fourth-order valence-corrected chi connectivity index (χ4v) is 3.30. The average molecular weight is 428 g/mol. The van der Waals surface area contributed by atoms with Crippen molar-refractivity contribution in [3.8, 4) is 23.3 Å². The van der Waals surface area contributed by atoms with Gasteiger partial charge in [-0.3, -0.25) is 4.90 Å². The Kier molecular flexibility index (Phi) is 8.15. The summed E-state index contributed by atoms with van der Waals surface area (Å²) < 4.78 is 27.2. The van der Waals surface area contributed by atoms with E-state index < -0.39 is 0 Å². The van der Waals surface area contributed by atoms with Crippen LogP contribution < -0.4 is 19.5 Å². The fourth-order valence-electron chi connectivity index (χ4n) is 3.30. The molecular weight excluding hydrogens is 400 g/mol. The van der Waals surface area contributed by atoms with Crippen molar-refractivity contribution in [2.24, 2.45) is 0 Å². The number of benzene rings is 1. The van der Waals surface area contributed by atoms with Crippen LogP contribution in [0.15, 0.2) is 16.5 Å². The lowest BCUT2D eigenvalue weighted by molar-refractivity contribution is 0.0378. The summed E-state index contributed by atoms with van der Waals surface area (Å²) in [5, 5.41) is 12.5. The molecule has 1 aliphatic rings. The first kappa shape index (κ1) is 22.5. The third-order valence-electron chi connectivity index (χ3n) is 4.90. The summed E-state index contributed by atoms with van der Waals surface area (Å²) in [6, 6.07) is 5.70. The SMILES string of the molecule is COc1cc(C=Cc2nc(C#N)c(NCCCN3CCOCC3)o2)cc(OC)c1OC. The molecule has 0 unspecified atom stereocenters. The Labute approximate surface area is 182 Å². The predicted molar refractivity (Wildman–Crippen MR) is 117 cm³/mol. The fraction of sp³-hybridized carbons (Fsp3) is 0.455. The predicted octanol–water partition coefficient (Wildman–Crippen LogP) is 2.88. The third-order valence-corrected chi connectivity index (χ3v) is 4.90. The van der Waals surface area contributed by atoms with Crippen LogP contribution in [-0.4, -0.2) is 70.6 Å². The van der Waals surface area contributed by atoms with Crippen LogP contribution in [0, 0.1) is 11.3 Å². The van der Waals surface area contributed by atoms with Crippen molar-refractivity contribution in [2.45, 2.75) is 6.42 Å². The van der Waals surface area contributed by atoms with Crippen LogP contribution in [0.25, 0.3) is 12.2 Å². The summed E-state index contributed by atoms with van der Waals surface area (Å²) in [5.74, 6) is 2.34. The molecule has 0 radical (unpaired) electrons. The number of oxazole rings is 1. The number of methoxy groups -OCH3 is 3. The Morgan fingerprint density at radius 1 is 1.13 bits per heavy atom. The Bertz CT molecular complexity index is 903. The first-order chi connectivity index (χ1) is 15.2. The molecule has 1 fully saturated rings. The Morgan fingerprint density at radius 3 is 2.45 bits per heavy atom. The van der Waals surface area contributed by atoms with Crippen LogP contribution in [0.3, 0.4) is 0 Å². The van der Waals surface area contributed by atoms with Crippen LogP contribution in [0.4, 0.5) is 5.88 Å². The zero-order chi connectivity index (χ0) is 22.1. The molecule has 0 spiro atoms. The lowest BCUT2D eigenvalue weighted by Crippen LogP contribution is -2.37. The standard InChI is InChI=1S/C22H28N4O5/c1-27-18-13-16(14-19(28-2)21(18)29-3)5-6-20-25-17(15-23)22(31-20)24-7-4-8-26-9-11-30-12-10-26/h5-6,13-14,24H,4,7-12H2,1-3H3. The number of hydrogen-bond donors (Lipinski definition) is 1. The minimum absolute atomic E-state index is 0.232. The van der Waals surface area contributed by atoms with Crippen molar-refractivity contribution in [2.75, 3.05) is 66.0 Å². The molecule has 9 nitrogen and oxygen atoms in total. The molecule has 0 saturated carbocycles. The van der Waals surface area contributed by atoms with E-state index in [1.54, 1.807) is 33.5 Å². The van der Waals surface area contributed by atoms with E-state index in [9.17, 15) is 5.26 Å². The van der Waals surface area contributed by atoms with Crippen LogP contribution in [0.2, 0.25) is 0 Å². The van der Waals surface area contributed by atoms with Crippen LogP contribution in [0.1, 0.15) is 23.6 Å². The number of morpholine rings is 1. The Morgan fingerprint density at radius 2 is 1.84 bits per heavy atom. The van der Waals surface area contributed by atoms with Gasteiger partial charge in [-0.2, -0.15) is 10.2 Å². The van der Waals surface area contributed by atoms with Gasteiger partial charge in [0.05, 0.1) is 34.5 Å². The molecule has 31 heavy (non-hydrogen) atoms. The number of nitrogens with zero attached hydrogens (tertiary/aromatic N) is 3. The Hall–Kier alpha value is -3.22. The molecular formula is C22H28N4O5. The Balaban J connectivity index is 1.64. The van der Waals surface area contributed by atoms with Crippen LogP contribution in [0.5, 0.6) is 17.2 Å². The monoisotopic (exact) mass is 428 g/mol. The third kappa shape index (κ3) is 5.90. The van der Waals surface area contributed by atoms with Gasteiger partial charge in [-0.1, -0.05) is 0 Å². The van der Waals surface area contributed by atoms with Crippen molar-refractivity contribution in [1.29, 1.82) is 5.26 Å². The minimum atomic E-state index is 0.232. The summed E-state index contributed by atoms with van der Waals surface area (Å²) in [4.78, 5) is 6.60. The number of ether oxygens (including phenoxy) is 4. The van der Waals surface area contributed by atoms with E-state index in [1.165, 1.54) is 0 Å². The maximum absolute atomic E-state index is 9.37. The van der Waals surface area contributed by atoms with E-state index in [0.29, 0.717) is 35.6 Å². The number of nitrogens with one attached hydrogen (secondary N) is 1. The highest BCUT2D eigenvalue weighted by molar-refractivity contribution is 5.71. The molecule has 0 aliphatic carbocycles. The molecule has 0 bridgehead atoms. The highest BCUT2D eigenvalue weighted by atomic mass is 16.5. The van der Waals surface area contributed by atoms with Gasteiger partial charge in [0.15, 0.2) is 11.5 Å². The number of hydrogen-bond acceptors (Lipinski definition) is 9. The van der Waals surface area contributed by atoms with Crippen molar-refractivity contribution in [3.05, 3.63) is 29.3 Å². The lowest BCUT2D eigenvalue weighted by atomic mass is 10.1. The summed E-state index contributed by atoms with van der Waals surface area (Å²) in [5.41, 5.74) is 1.04. The van der Waals surface area contributed by atoms with Crippen molar-refractivity contribution >= 4 is 18.0 Å². The van der Waals surface area contributed by atoms with E-state index in [2.05, 4.69) is 21.3 Å². The van der Waals surface area contributed by atoms with Gasteiger partial charge in [0.2, 0.25) is 23.2 Å². The zero-order valence-electron chi connectivity index (χ0n) is 18.1. The largest absolute Gasteiger partial charge is 0.493 e. The van der Waals surface area contributed by atoms with Crippen LogP contribution in [-0.2, 0) is 4.74 Å². The van der Waals surface area contributed by atoms with Gasteiger partial charge < -0.3 is 28.7 Å². The summed E-state index contributed by atoms with van der Waals surface area (Å²) in [6.07, 6.45) is 4.43. The van der Waals surface area contributed by atoms with Crippen LogP contribution >= 0.6 is 0 Å². The normalized spacial score (nSPS) is 14.4. The summed E-state index contributed by atoms with van der Waals surface area (Å²) >= 11 is 0. The van der Waals surface area contributed by atoms with Gasteiger partial charge in [-0.05, 0) is 36.7 Å². The first-order valence-corrected chi connectivity index (χ1v) is 10.1. The highest BCUT2D eigenvalue weighted by Crippen LogP contribution is 2.38. The second-order valence-electron chi connectivity index (χ2n) is 6.87. The molecule has 3 rings (SSSR count). The van der Waals surface area contributed by atoms with Crippen molar-refractivity contribution < 1.29 is 23.4 Å². The van der Waals surface area contributed by atoms with E-state index in [0.717, 1.165) is 44.8 Å². The summed E-state index contributed by atoms with van der Waals surface area (Å²) in [7, 11) is 4.69. The molecule has 2 heterocycles. The van der Waals surface area contributed by atoms with Gasteiger partial charge in [0.1, 0.15) is 6.07 Å². The minimum Gasteiger partial charge on any atom is -0.493 e. The molecule has 1 saturated heterocycles. The van der Waals surface area contributed by atoms with E-state index in [1.807, 2.05) is 12.1 Å². The van der Waals surface area contributed by atoms with E-state index in [-0.39, 0.29) is 5.69 Å². The van der Waals surface area contributed by atoms with E-state index >= 15 is 0 Å². The zero-order valence-corrected chi connectivity index (χ0v) is 18.1. The topological polar surface area (TPSA) is 102 Å². The second kappa shape index (κ2) is 11.2. The van der Waals surface area contributed by atoms with Gasteiger partial charge in [0.25, 0.3) is 0 Å². The molecule has 0 atom stereocenters. The quantitative estimate of drug-likeness (QED) is 0.572. The lowest BCUT2D eigenvalue weighted by Gasteiger charge is -2.26. The smallest absolute Gasteiger partial charge is 0.232 e. The van der Waals surface area contributed by atoms with Crippen molar-refractivity contribution in [1.82, 2.24) is 9.88 Å². The highest BCUT2D eigenvalue weighted by Gasteiger charge is 2.14. The average Bonchev–Trinajstić information content (AvgIpc) is 3.22. The molecule has 1 aromatic heterocycles. The van der Waals surface area contributed by atoms with Gasteiger partial charge in [-0.25, -0.2) is 0 Å². The molecule has 1 aromatic carbocycles. The maximum Gasteiger partial charge on any atom is 0.232 e.